The van der Waals surface area contributed by atoms with E-state index in [1.165, 1.54) is 17.4 Å². The third-order valence-electron chi connectivity index (χ3n) is 2.82. The first kappa shape index (κ1) is 14.6. The largest absolute Gasteiger partial charge is 0.348 e. The van der Waals surface area contributed by atoms with Crippen molar-refractivity contribution in [1.29, 1.82) is 0 Å². The van der Waals surface area contributed by atoms with Crippen LogP contribution in [0.4, 0.5) is 4.39 Å². The summed E-state index contributed by atoms with van der Waals surface area (Å²) in [5.74, 6) is -0.516. The zero-order chi connectivity index (χ0) is 14.5. The molecule has 6 heteroatoms. The summed E-state index contributed by atoms with van der Waals surface area (Å²) in [4.78, 5) is 16.1. The van der Waals surface area contributed by atoms with Crippen molar-refractivity contribution < 1.29 is 9.18 Å². The van der Waals surface area contributed by atoms with Crippen LogP contribution in [0, 0.1) is 5.82 Å². The number of nitrogens with zero attached hydrogens (tertiary/aromatic N) is 1. The highest BCUT2D eigenvalue weighted by Crippen LogP contribution is 2.11. The van der Waals surface area contributed by atoms with E-state index >= 15 is 0 Å². The van der Waals surface area contributed by atoms with E-state index in [9.17, 15) is 9.18 Å². The molecule has 1 amide bonds. The third-order valence-corrected chi connectivity index (χ3v) is 3.69. The lowest BCUT2D eigenvalue weighted by molar-refractivity contribution is 0.0935. The van der Waals surface area contributed by atoms with Gasteiger partial charge in [-0.2, -0.15) is 0 Å². The van der Waals surface area contributed by atoms with Crippen molar-refractivity contribution in [3.05, 3.63) is 51.7 Å². The lowest BCUT2D eigenvalue weighted by Crippen LogP contribution is -2.34. The zero-order valence-corrected chi connectivity index (χ0v) is 11.9. The van der Waals surface area contributed by atoms with Crippen molar-refractivity contribution in [3.63, 3.8) is 0 Å². The van der Waals surface area contributed by atoms with Crippen LogP contribution in [0.5, 0.6) is 0 Å². The summed E-state index contributed by atoms with van der Waals surface area (Å²) < 4.78 is 13.5. The number of carbonyl (C=O) groups excluding carboxylic acids is 1. The van der Waals surface area contributed by atoms with Crippen molar-refractivity contribution in [2.45, 2.75) is 25.9 Å². The maximum atomic E-state index is 13.5. The molecule has 3 N–H and O–H groups in total. The monoisotopic (exact) mass is 293 g/mol. The van der Waals surface area contributed by atoms with Gasteiger partial charge in [-0.1, -0.05) is 18.2 Å². The Labute approximate surface area is 120 Å². The van der Waals surface area contributed by atoms with E-state index in [4.69, 9.17) is 5.73 Å². The summed E-state index contributed by atoms with van der Waals surface area (Å²) in [5.41, 5.74) is 6.40. The highest BCUT2D eigenvalue weighted by Gasteiger charge is 2.14. The number of hydrogen-bond donors (Lipinski definition) is 2. The molecule has 0 saturated heterocycles. The molecule has 0 bridgehead atoms. The maximum absolute atomic E-state index is 13.5. The summed E-state index contributed by atoms with van der Waals surface area (Å²) in [5, 5.41) is 5.20. The van der Waals surface area contributed by atoms with Gasteiger partial charge in [-0.05, 0) is 25.0 Å². The number of benzene rings is 1. The molecule has 0 fully saturated rings. The first-order valence-corrected chi connectivity index (χ1v) is 7.17. The van der Waals surface area contributed by atoms with Gasteiger partial charge < -0.3 is 11.1 Å². The topological polar surface area (TPSA) is 68.0 Å². The summed E-state index contributed by atoms with van der Waals surface area (Å²) in [6.07, 6.45) is 0.437. The number of hydrogen-bond acceptors (Lipinski definition) is 4. The molecular formula is C14H16FN3OS. The quantitative estimate of drug-likeness (QED) is 0.887. The Morgan fingerprint density at radius 3 is 2.90 bits per heavy atom. The van der Waals surface area contributed by atoms with Gasteiger partial charge in [0.2, 0.25) is 0 Å². The van der Waals surface area contributed by atoms with E-state index in [1.807, 2.05) is 6.92 Å². The van der Waals surface area contributed by atoms with Gasteiger partial charge in [0.15, 0.2) is 0 Å². The minimum atomic E-state index is -0.259. The molecule has 4 nitrogen and oxygen atoms in total. The molecule has 0 saturated carbocycles. The number of carbonyl (C=O) groups is 1. The number of thiazole rings is 1. The van der Waals surface area contributed by atoms with Gasteiger partial charge >= 0.3 is 0 Å². The molecule has 0 radical (unpaired) electrons. The third kappa shape index (κ3) is 3.61. The number of halogens is 1. The van der Waals surface area contributed by atoms with Crippen molar-refractivity contribution in [2.24, 2.45) is 5.73 Å². The summed E-state index contributed by atoms with van der Waals surface area (Å²) in [7, 11) is 0. The van der Waals surface area contributed by atoms with Gasteiger partial charge in [0.05, 0.1) is 0 Å². The van der Waals surface area contributed by atoms with Crippen LogP contribution in [0.3, 0.4) is 0 Å². The average molecular weight is 293 g/mol. The van der Waals surface area contributed by atoms with Crippen LogP contribution >= 0.6 is 11.3 Å². The van der Waals surface area contributed by atoms with Gasteiger partial charge in [0, 0.05) is 18.0 Å². The minimum Gasteiger partial charge on any atom is -0.348 e. The van der Waals surface area contributed by atoms with E-state index in [-0.39, 0.29) is 17.8 Å². The molecule has 20 heavy (non-hydrogen) atoms. The van der Waals surface area contributed by atoms with E-state index in [0.29, 0.717) is 24.2 Å². The number of nitrogens with one attached hydrogen (secondary N) is 1. The fourth-order valence-electron chi connectivity index (χ4n) is 1.85. The first-order valence-electron chi connectivity index (χ1n) is 6.29. The van der Waals surface area contributed by atoms with E-state index < -0.39 is 0 Å². The van der Waals surface area contributed by atoms with Crippen LogP contribution in [-0.4, -0.2) is 16.9 Å². The van der Waals surface area contributed by atoms with Crippen LogP contribution in [0.25, 0.3) is 0 Å². The molecule has 0 aliphatic carbocycles. The Bertz CT molecular complexity index is 600. The van der Waals surface area contributed by atoms with E-state index in [1.54, 1.807) is 23.6 Å². The van der Waals surface area contributed by atoms with Crippen LogP contribution in [0.15, 0.2) is 29.6 Å². The van der Waals surface area contributed by atoms with E-state index in [2.05, 4.69) is 10.3 Å². The lowest BCUT2D eigenvalue weighted by Gasteiger charge is -2.13. The summed E-state index contributed by atoms with van der Waals surface area (Å²) >= 11 is 1.35. The Morgan fingerprint density at radius 2 is 2.25 bits per heavy atom. The second-order valence-corrected chi connectivity index (χ2v) is 5.44. The normalized spacial score (nSPS) is 12.2. The van der Waals surface area contributed by atoms with E-state index in [0.717, 1.165) is 5.01 Å². The summed E-state index contributed by atoms with van der Waals surface area (Å²) in [6.45, 7) is 2.16. The Kier molecular flexibility index (Phi) is 4.81. The number of rotatable bonds is 5. The van der Waals surface area contributed by atoms with Crippen molar-refractivity contribution in [2.75, 3.05) is 0 Å². The van der Waals surface area contributed by atoms with Gasteiger partial charge in [0.25, 0.3) is 5.91 Å². The molecule has 1 aromatic carbocycles. The Morgan fingerprint density at radius 1 is 1.50 bits per heavy atom. The molecule has 2 aromatic rings. The smallest absolute Gasteiger partial charge is 0.270 e. The molecule has 1 atom stereocenters. The fourth-order valence-corrected chi connectivity index (χ4v) is 2.51. The van der Waals surface area contributed by atoms with Crippen molar-refractivity contribution in [3.8, 4) is 0 Å². The maximum Gasteiger partial charge on any atom is 0.270 e. The first-order chi connectivity index (χ1) is 9.60. The summed E-state index contributed by atoms with van der Waals surface area (Å²) in [6, 6.07) is 6.38. The molecule has 0 aliphatic heterocycles. The lowest BCUT2D eigenvalue weighted by atomic mass is 10.1. The fraction of sp³-hybridized carbons (Fsp3) is 0.286. The van der Waals surface area contributed by atoms with Gasteiger partial charge in [0.1, 0.15) is 16.5 Å². The van der Waals surface area contributed by atoms with Crippen molar-refractivity contribution >= 4 is 17.2 Å². The van der Waals surface area contributed by atoms with Crippen LogP contribution < -0.4 is 11.1 Å². The molecule has 1 unspecified atom stereocenters. The van der Waals surface area contributed by atoms with Gasteiger partial charge in [-0.15, -0.1) is 11.3 Å². The predicted octanol–water partition coefficient (Wildman–Crippen LogP) is 2.10. The SMILES string of the molecule is CC(Cc1ccccc1F)NC(=O)c1csc(CN)n1. The second-order valence-electron chi connectivity index (χ2n) is 4.50. The second kappa shape index (κ2) is 6.58. The minimum absolute atomic E-state index is 0.178. The van der Waals surface area contributed by atoms with Crippen LogP contribution in [0.1, 0.15) is 28.0 Å². The zero-order valence-electron chi connectivity index (χ0n) is 11.1. The highest BCUT2D eigenvalue weighted by atomic mass is 32.1. The Balaban J connectivity index is 1.96. The Hall–Kier alpha value is -1.79. The van der Waals surface area contributed by atoms with Gasteiger partial charge in [-0.25, -0.2) is 9.37 Å². The van der Waals surface area contributed by atoms with Crippen molar-refractivity contribution in [1.82, 2.24) is 10.3 Å². The molecule has 0 spiro atoms. The standard InChI is InChI=1S/C14H16FN3OS/c1-9(6-10-4-2-3-5-11(10)15)17-14(19)12-8-20-13(7-16)18-12/h2-5,8-9H,6-7,16H2,1H3,(H,17,19). The van der Waals surface area contributed by atoms with Crippen LogP contribution in [0.2, 0.25) is 0 Å². The van der Waals surface area contributed by atoms with Crippen LogP contribution in [-0.2, 0) is 13.0 Å². The molecule has 1 aromatic heterocycles. The molecule has 1 heterocycles. The van der Waals surface area contributed by atoms with Gasteiger partial charge in [-0.3, -0.25) is 4.79 Å². The molecule has 106 valence electrons. The molecular weight excluding hydrogens is 277 g/mol. The predicted molar refractivity (Wildman–Crippen MR) is 77.0 cm³/mol. The number of amides is 1. The highest BCUT2D eigenvalue weighted by molar-refractivity contribution is 7.09. The number of nitrogens with two attached hydrogens (primary N) is 1. The average Bonchev–Trinajstić information content (AvgIpc) is 2.90. The molecule has 0 aliphatic rings. The number of aromatic nitrogens is 1. The molecule has 2 rings (SSSR count).